The van der Waals surface area contributed by atoms with Crippen LogP contribution in [-0.2, 0) is 4.84 Å². The highest BCUT2D eigenvalue weighted by Crippen LogP contribution is 2.12. The van der Waals surface area contributed by atoms with Crippen LogP contribution in [0, 0.1) is 0 Å². The van der Waals surface area contributed by atoms with Gasteiger partial charge in [0.1, 0.15) is 11.9 Å². The van der Waals surface area contributed by atoms with Gasteiger partial charge < -0.3 is 14.9 Å². The fraction of sp³-hybridized carbons (Fsp3) is 0.333. The lowest BCUT2D eigenvalue weighted by Crippen LogP contribution is -2.29. The maximum absolute atomic E-state index is 11.8. The van der Waals surface area contributed by atoms with Crippen molar-refractivity contribution < 1.29 is 14.4 Å². The molecule has 1 N–H and O–H groups in total. The highest BCUT2D eigenvalue weighted by molar-refractivity contribution is 6.06. The number of hydrogen-bond donors (Lipinski definition) is 1. The number of benzene rings is 1. The molecule has 0 aliphatic carbocycles. The lowest BCUT2D eigenvalue weighted by Gasteiger charge is -2.04. The van der Waals surface area contributed by atoms with E-state index >= 15 is 0 Å². The average Bonchev–Trinajstić information content (AvgIpc) is 2.75. The van der Waals surface area contributed by atoms with Crippen LogP contribution in [0.25, 0.3) is 0 Å². The van der Waals surface area contributed by atoms with Crippen LogP contribution in [-0.4, -0.2) is 25.0 Å². The maximum Gasteiger partial charge on any atom is 0.256 e. The number of nitrogens with one attached hydrogen (secondary N) is 1. The van der Waals surface area contributed by atoms with Crippen LogP contribution >= 0.6 is 0 Å². The van der Waals surface area contributed by atoms with Gasteiger partial charge in [0.15, 0.2) is 5.84 Å². The van der Waals surface area contributed by atoms with Crippen molar-refractivity contribution in [2.75, 3.05) is 7.11 Å². The van der Waals surface area contributed by atoms with Gasteiger partial charge in [0.05, 0.1) is 7.11 Å². The number of methoxy groups -OCH3 is 1. The van der Waals surface area contributed by atoms with Gasteiger partial charge >= 0.3 is 0 Å². The fourth-order valence-corrected chi connectivity index (χ4v) is 1.52. The van der Waals surface area contributed by atoms with E-state index in [0.29, 0.717) is 17.8 Å². The molecule has 1 heterocycles. The zero-order valence-corrected chi connectivity index (χ0v) is 9.77. The number of oxime groups is 1. The summed E-state index contributed by atoms with van der Waals surface area (Å²) in [4.78, 5) is 16.8. The van der Waals surface area contributed by atoms with E-state index in [1.165, 1.54) is 0 Å². The molecule has 1 aliphatic rings. The lowest BCUT2D eigenvalue weighted by atomic mass is 10.2. The molecule has 1 aromatic carbocycles. The number of carbonyl (C=O) groups is 1. The van der Waals surface area contributed by atoms with Gasteiger partial charge in [-0.2, -0.15) is 0 Å². The molecule has 0 fully saturated rings. The van der Waals surface area contributed by atoms with Crippen LogP contribution in [0.4, 0.5) is 0 Å². The third-order valence-electron chi connectivity index (χ3n) is 2.43. The monoisotopic (exact) mass is 234 g/mol. The zero-order chi connectivity index (χ0) is 12.3. The quantitative estimate of drug-likeness (QED) is 0.844. The van der Waals surface area contributed by atoms with E-state index in [-0.39, 0.29) is 12.0 Å². The molecule has 0 radical (unpaired) electrons. The molecule has 0 bridgehead atoms. The van der Waals surface area contributed by atoms with Crippen molar-refractivity contribution in [3.63, 3.8) is 0 Å². The van der Waals surface area contributed by atoms with E-state index < -0.39 is 0 Å². The molecule has 90 valence electrons. The summed E-state index contributed by atoms with van der Waals surface area (Å²) in [5.41, 5.74) is 0.563. The van der Waals surface area contributed by atoms with Crippen LogP contribution in [0.2, 0.25) is 0 Å². The maximum atomic E-state index is 11.8. The number of amidine groups is 1. The minimum absolute atomic E-state index is 0.0289. The molecule has 1 amide bonds. The van der Waals surface area contributed by atoms with E-state index in [2.05, 4.69) is 10.5 Å². The predicted molar refractivity (Wildman–Crippen MR) is 63.1 cm³/mol. The first-order valence-electron chi connectivity index (χ1n) is 5.37. The van der Waals surface area contributed by atoms with Crippen molar-refractivity contribution in [1.29, 1.82) is 0 Å². The van der Waals surface area contributed by atoms with Gasteiger partial charge in [0.25, 0.3) is 5.91 Å². The molecular formula is C12H14N2O3. The first kappa shape index (κ1) is 11.4. The van der Waals surface area contributed by atoms with Crippen LogP contribution in [0.1, 0.15) is 23.7 Å². The third kappa shape index (κ3) is 2.75. The zero-order valence-electron chi connectivity index (χ0n) is 9.77. The molecule has 17 heavy (non-hydrogen) atoms. The summed E-state index contributed by atoms with van der Waals surface area (Å²) >= 11 is 0. The Morgan fingerprint density at radius 3 is 2.71 bits per heavy atom. The molecule has 0 spiro atoms. The lowest BCUT2D eigenvalue weighted by molar-refractivity contribution is 0.0967. The predicted octanol–water partition coefficient (Wildman–Crippen LogP) is 1.55. The molecule has 5 nitrogen and oxygen atoms in total. The van der Waals surface area contributed by atoms with E-state index in [0.717, 1.165) is 5.75 Å². The number of nitrogens with zero attached hydrogens (tertiary/aromatic N) is 1. The van der Waals surface area contributed by atoms with E-state index in [9.17, 15) is 4.79 Å². The minimum Gasteiger partial charge on any atom is -0.497 e. The Kier molecular flexibility index (Phi) is 3.27. The number of amides is 1. The smallest absolute Gasteiger partial charge is 0.256 e. The second kappa shape index (κ2) is 4.86. The van der Waals surface area contributed by atoms with E-state index in [1.807, 2.05) is 6.92 Å². The van der Waals surface area contributed by atoms with Gasteiger partial charge in [0.2, 0.25) is 0 Å². The van der Waals surface area contributed by atoms with Gasteiger partial charge in [0, 0.05) is 12.0 Å². The topological polar surface area (TPSA) is 59.9 Å². The molecule has 5 heteroatoms. The minimum atomic E-state index is -0.191. The van der Waals surface area contributed by atoms with Crippen LogP contribution in [0.5, 0.6) is 5.75 Å². The molecule has 1 unspecified atom stereocenters. The van der Waals surface area contributed by atoms with E-state index in [1.54, 1.807) is 31.4 Å². The van der Waals surface area contributed by atoms with Gasteiger partial charge in [-0.15, -0.1) is 0 Å². The van der Waals surface area contributed by atoms with Crippen molar-refractivity contribution >= 4 is 11.7 Å². The van der Waals surface area contributed by atoms with Gasteiger partial charge in [-0.05, 0) is 31.2 Å². The molecule has 0 saturated heterocycles. The van der Waals surface area contributed by atoms with Crippen molar-refractivity contribution in [1.82, 2.24) is 5.32 Å². The van der Waals surface area contributed by atoms with Crippen LogP contribution in [0.15, 0.2) is 29.4 Å². The SMILES string of the molecule is COc1ccc(C(=O)NC2=NOC(C)C2)cc1. The highest BCUT2D eigenvalue weighted by Gasteiger charge is 2.18. The second-order valence-electron chi connectivity index (χ2n) is 3.84. The second-order valence-corrected chi connectivity index (χ2v) is 3.84. The highest BCUT2D eigenvalue weighted by atomic mass is 16.6. The first-order chi connectivity index (χ1) is 8.19. The van der Waals surface area contributed by atoms with Crippen LogP contribution < -0.4 is 10.1 Å². The Morgan fingerprint density at radius 2 is 2.18 bits per heavy atom. The van der Waals surface area contributed by atoms with Crippen molar-refractivity contribution in [2.45, 2.75) is 19.4 Å². The van der Waals surface area contributed by atoms with Crippen molar-refractivity contribution in [3.8, 4) is 5.75 Å². The molecular weight excluding hydrogens is 220 g/mol. The van der Waals surface area contributed by atoms with Gasteiger partial charge in [-0.25, -0.2) is 0 Å². The molecule has 0 aromatic heterocycles. The largest absolute Gasteiger partial charge is 0.497 e. The van der Waals surface area contributed by atoms with Gasteiger partial charge in [-0.1, -0.05) is 5.16 Å². The Hall–Kier alpha value is -2.04. The normalized spacial score (nSPS) is 18.2. The summed E-state index contributed by atoms with van der Waals surface area (Å²) in [6, 6.07) is 6.89. The number of carbonyl (C=O) groups excluding carboxylic acids is 1. The molecule has 1 atom stereocenters. The molecule has 2 rings (SSSR count). The van der Waals surface area contributed by atoms with Crippen molar-refractivity contribution in [2.24, 2.45) is 5.16 Å². The number of rotatable bonds is 2. The summed E-state index contributed by atoms with van der Waals surface area (Å²) in [5.74, 6) is 1.10. The number of hydrogen-bond acceptors (Lipinski definition) is 4. The van der Waals surface area contributed by atoms with Gasteiger partial charge in [-0.3, -0.25) is 4.79 Å². The average molecular weight is 234 g/mol. The first-order valence-corrected chi connectivity index (χ1v) is 5.37. The Morgan fingerprint density at radius 1 is 1.47 bits per heavy atom. The van der Waals surface area contributed by atoms with Crippen LogP contribution in [0.3, 0.4) is 0 Å². The molecule has 1 aromatic rings. The summed E-state index contributed by atoms with van der Waals surface area (Å²) in [6.07, 6.45) is 0.656. The van der Waals surface area contributed by atoms with E-state index in [4.69, 9.17) is 9.57 Å². The molecule has 0 saturated carbocycles. The molecule has 1 aliphatic heterocycles. The Bertz CT molecular complexity index is 440. The fourth-order valence-electron chi connectivity index (χ4n) is 1.52. The third-order valence-corrected chi connectivity index (χ3v) is 2.43. The standard InChI is InChI=1S/C12H14N2O3/c1-8-7-11(14-17-8)13-12(15)9-3-5-10(16-2)6-4-9/h3-6,8H,7H2,1-2H3,(H,13,14,15). The Labute approximate surface area is 99.4 Å². The summed E-state index contributed by atoms with van der Waals surface area (Å²) < 4.78 is 5.02. The summed E-state index contributed by atoms with van der Waals surface area (Å²) in [5, 5.41) is 6.48. The van der Waals surface area contributed by atoms with Crippen molar-refractivity contribution in [3.05, 3.63) is 29.8 Å². The Balaban J connectivity index is 1.99. The summed E-state index contributed by atoms with van der Waals surface area (Å²) in [6.45, 7) is 1.90. The number of ether oxygens (including phenoxy) is 1. The summed E-state index contributed by atoms with van der Waals surface area (Å²) in [7, 11) is 1.58.